The van der Waals surface area contributed by atoms with Gasteiger partial charge in [-0.15, -0.1) is 0 Å². The average Bonchev–Trinajstić information content (AvgIpc) is 2.59. The maximum Gasteiger partial charge on any atom is 0.147 e. The minimum atomic E-state index is -0.0570. The van der Waals surface area contributed by atoms with Crippen molar-refractivity contribution in [2.45, 2.75) is 59.1 Å². The van der Waals surface area contributed by atoms with Gasteiger partial charge in [0.2, 0.25) is 0 Å². The summed E-state index contributed by atoms with van der Waals surface area (Å²) in [7, 11) is 0. The molecule has 140 valence electrons. The van der Waals surface area contributed by atoms with E-state index in [0.717, 1.165) is 17.1 Å². The first kappa shape index (κ1) is 17.8. The second-order valence-corrected chi connectivity index (χ2v) is 8.58. The number of fused-ring (bicyclic) bond motifs is 2. The number of aromatic nitrogens is 1. The van der Waals surface area contributed by atoms with Crippen molar-refractivity contribution in [1.82, 2.24) is 4.98 Å². The Morgan fingerprint density at radius 3 is 2.44 bits per heavy atom. The Morgan fingerprint density at radius 2 is 1.78 bits per heavy atom. The quantitative estimate of drug-likeness (QED) is 0.696. The van der Waals surface area contributed by atoms with Gasteiger partial charge in [-0.05, 0) is 49.0 Å². The molecule has 0 radical (unpaired) electrons. The molecular weight excluding hydrogens is 334 g/mol. The van der Waals surface area contributed by atoms with Crippen LogP contribution in [0.1, 0.15) is 44.4 Å². The summed E-state index contributed by atoms with van der Waals surface area (Å²) < 4.78 is 6.27. The van der Waals surface area contributed by atoms with Crippen LogP contribution in [0.4, 0.5) is 11.4 Å². The predicted molar refractivity (Wildman–Crippen MR) is 111 cm³/mol. The first-order chi connectivity index (χ1) is 12.8. The molecule has 3 heterocycles. The highest BCUT2D eigenvalue weighted by atomic mass is 16.5. The lowest BCUT2D eigenvalue weighted by atomic mass is 9.84. The number of ether oxygens (including phenoxy) is 1. The van der Waals surface area contributed by atoms with Crippen molar-refractivity contribution < 1.29 is 4.74 Å². The topological polar surface area (TPSA) is 37.7 Å². The standard InChI is InChI=1S/C23H27N3O/c1-14-9-17(23(4,5)6)10-15(2)22(14)26-18-12-24-8-7-20(18)27-21-11-16(3)25-13-19(21)26/h7-13,19,21H,1-6H3. The molecule has 0 saturated heterocycles. The van der Waals surface area contributed by atoms with E-state index < -0.39 is 0 Å². The van der Waals surface area contributed by atoms with E-state index in [1.165, 1.54) is 22.4 Å². The summed E-state index contributed by atoms with van der Waals surface area (Å²) >= 11 is 0. The van der Waals surface area contributed by atoms with E-state index in [-0.39, 0.29) is 17.6 Å². The van der Waals surface area contributed by atoms with Gasteiger partial charge in [0.1, 0.15) is 23.6 Å². The molecule has 0 fully saturated rings. The van der Waals surface area contributed by atoms with Gasteiger partial charge < -0.3 is 9.64 Å². The summed E-state index contributed by atoms with van der Waals surface area (Å²) in [6, 6.07) is 6.58. The van der Waals surface area contributed by atoms with Crippen LogP contribution in [0.25, 0.3) is 0 Å². The van der Waals surface area contributed by atoms with E-state index >= 15 is 0 Å². The monoisotopic (exact) mass is 361 g/mol. The highest BCUT2D eigenvalue weighted by Gasteiger charge is 2.37. The molecule has 2 aliphatic heterocycles. The molecule has 0 saturated carbocycles. The number of hydrogen-bond acceptors (Lipinski definition) is 4. The molecule has 27 heavy (non-hydrogen) atoms. The second-order valence-electron chi connectivity index (χ2n) is 8.58. The summed E-state index contributed by atoms with van der Waals surface area (Å²) in [6.45, 7) is 13.2. The molecule has 0 aliphatic carbocycles. The van der Waals surface area contributed by atoms with Crippen molar-refractivity contribution in [3.63, 3.8) is 0 Å². The van der Waals surface area contributed by atoms with Crippen molar-refractivity contribution in [3.8, 4) is 5.75 Å². The van der Waals surface area contributed by atoms with Gasteiger partial charge in [-0.3, -0.25) is 9.98 Å². The Morgan fingerprint density at radius 1 is 1.07 bits per heavy atom. The Hall–Kier alpha value is -2.62. The van der Waals surface area contributed by atoms with Crippen molar-refractivity contribution >= 4 is 17.6 Å². The average molecular weight is 361 g/mol. The van der Waals surface area contributed by atoms with Crippen LogP contribution in [0.5, 0.6) is 5.75 Å². The van der Waals surface area contributed by atoms with Gasteiger partial charge in [-0.2, -0.15) is 0 Å². The van der Waals surface area contributed by atoms with Crippen molar-refractivity contribution in [3.05, 3.63) is 59.1 Å². The fourth-order valence-electron chi connectivity index (χ4n) is 3.98. The fraction of sp³-hybridized carbons (Fsp3) is 0.391. The second kappa shape index (κ2) is 6.22. The number of benzene rings is 1. The zero-order chi connectivity index (χ0) is 19.3. The van der Waals surface area contributed by atoms with Crippen molar-refractivity contribution in [1.29, 1.82) is 0 Å². The molecule has 1 aromatic carbocycles. The largest absolute Gasteiger partial charge is 0.481 e. The fourth-order valence-corrected chi connectivity index (χ4v) is 3.98. The van der Waals surface area contributed by atoms with Crippen LogP contribution in [-0.4, -0.2) is 23.3 Å². The first-order valence-electron chi connectivity index (χ1n) is 9.50. The predicted octanol–water partition coefficient (Wildman–Crippen LogP) is 5.25. The molecule has 4 nitrogen and oxygen atoms in total. The third-order valence-electron chi connectivity index (χ3n) is 5.35. The van der Waals surface area contributed by atoms with Crippen molar-refractivity contribution in [2.75, 3.05) is 4.90 Å². The van der Waals surface area contributed by atoms with Crippen LogP contribution < -0.4 is 9.64 Å². The van der Waals surface area contributed by atoms with Crippen LogP contribution in [0.3, 0.4) is 0 Å². The molecule has 4 heteroatoms. The summed E-state index contributed by atoms with van der Waals surface area (Å²) in [5.41, 5.74) is 7.19. The van der Waals surface area contributed by atoms with Gasteiger partial charge in [-0.25, -0.2) is 0 Å². The van der Waals surface area contributed by atoms with Gasteiger partial charge in [-0.1, -0.05) is 32.9 Å². The van der Waals surface area contributed by atoms with Gasteiger partial charge in [0.25, 0.3) is 0 Å². The maximum atomic E-state index is 6.27. The molecule has 0 N–H and O–H groups in total. The zero-order valence-corrected chi connectivity index (χ0v) is 16.9. The summed E-state index contributed by atoms with van der Waals surface area (Å²) in [5, 5.41) is 0. The van der Waals surface area contributed by atoms with Gasteiger partial charge in [0.05, 0.1) is 6.20 Å². The lowest BCUT2D eigenvalue weighted by Gasteiger charge is -2.43. The minimum absolute atomic E-state index is 0.0169. The van der Waals surface area contributed by atoms with Gasteiger partial charge in [0.15, 0.2) is 0 Å². The maximum absolute atomic E-state index is 6.27. The molecule has 2 atom stereocenters. The smallest absolute Gasteiger partial charge is 0.147 e. The van der Waals surface area contributed by atoms with E-state index in [1.54, 1.807) is 6.20 Å². The minimum Gasteiger partial charge on any atom is -0.481 e. The molecular formula is C23H27N3O. The number of rotatable bonds is 1. The number of aryl methyl sites for hydroxylation is 2. The molecule has 0 amide bonds. The van der Waals surface area contributed by atoms with Gasteiger partial charge in [0, 0.05) is 29.9 Å². The first-order valence-corrected chi connectivity index (χ1v) is 9.50. The number of nitrogens with zero attached hydrogens (tertiary/aromatic N) is 3. The van der Waals surface area contributed by atoms with Crippen LogP contribution in [0.2, 0.25) is 0 Å². The Kier molecular flexibility index (Phi) is 4.10. The van der Waals surface area contributed by atoms with E-state index in [0.29, 0.717) is 0 Å². The summed E-state index contributed by atoms with van der Waals surface area (Å²) in [5.74, 6) is 0.865. The Labute approximate surface area is 161 Å². The Balaban J connectivity index is 1.91. The van der Waals surface area contributed by atoms with Crippen LogP contribution in [0.15, 0.2) is 47.4 Å². The van der Waals surface area contributed by atoms with Gasteiger partial charge >= 0.3 is 0 Å². The van der Waals surface area contributed by atoms with Crippen LogP contribution in [0, 0.1) is 13.8 Å². The third kappa shape index (κ3) is 3.03. The highest BCUT2D eigenvalue weighted by Crippen LogP contribution is 2.44. The highest BCUT2D eigenvalue weighted by molar-refractivity contribution is 5.85. The molecule has 0 spiro atoms. The molecule has 2 aromatic rings. The number of pyridine rings is 1. The lowest BCUT2D eigenvalue weighted by molar-refractivity contribution is 0.224. The number of allylic oxidation sites excluding steroid dienone is 1. The number of anilines is 2. The SMILES string of the molecule is CC1=CC2Oc3ccncc3N(c3c(C)cc(C(C)(C)C)cc3C)C2C=N1. The summed E-state index contributed by atoms with van der Waals surface area (Å²) in [4.78, 5) is 11.3. The molecule has 2 aliphatic rings. The number of aliphatic imine (C=N–C) groups is 1. The van der Waals surface area contributed by atoms with E-state index in [9.17, 15) is 0 Å². The molecule has 1 aromatic heterocycles. The molecule has 2 unspecified atom stereocenters. The van der Waals surface area contributed by atoms with E-state index in [2.05, 4.69) is 67.7 Å². The zero-order valence-electron chi connectivity index (χ0n) is 16.9. The lowest BCUT2D eigenvalue weighted by Crippen LogP contribution is -2.49. The molecule has 0 bridgehead atoms. The number of hydrogen-bond donors (Lipinski definition) is 0. The molecule has 4 rings (SSSR count). The van der Waals surface area contributed by atoms with Crippen LogP contribution >= 0.6 is 0 Å². The van der Waals surface area contributed by atoms with E-state index in [1.807, 2.05) is 25.4 Å². The third-order valence-corrected chi connectivity index (χ3v) is 5.35. The normalized spacial score (nSPS) is 21.3. The van der Waals surface area contributed by atoms with E-state index in [4.69, 9.17) is 4.74 Å². The summed E-state index contributed by atoms with van der Waals surface area (Å²) in [6.07, 6.45) is 7.73. The van der Waals surface area contributed by atoms with Crippen LogP contribution in [-0.2, 0) is 5.41 Å². The van der Waals surface area contributed by atoms with Crippen molar-refractivity contribution in [2.24, 2.45) is 4.99 Å². The Bertz CT molecular complexity index is 929.